The van der Waals surface area contributed by atoms with Gasteiger partial charge in [-0.1, -0.05) is 18.2 Å². The molecule has 1 aliphatic rings. The molecule has 2 nitrogen and oxygen atoms in total. The van der Waals surface area contributed by atoms with Gasteiger partial charge in [0.1, 0.15) is 0 Å². The van der Waals surface area contributed by atoms with Crippen molar-refractivity contribution in [3.8, 4) is 0 Å². The Hall–Kier alpha value is -0.600. The van der Waals surface area contributed by atoms with E-state index in [9.17, 15) is 5.11 Å². The molecule has 1 atom stereocenters. The number of aliphatic hydroxyl groups is 1. The molecule has 1 N–H and O–H groups in total. The fourth-order valence-corrected chi connectivity index (χ4v) is 1.17. The normalized spacial score (nSPS) is 19.1. The molecule has 0 radical (unpaired) electrons. The predicted octanol–water partition coefficient (Wildman–Crippen LogP) is 0.795. The molecular weight excluding hydrogens is 138 g/mol. The zero-order chi connectivity index (χ0) is 8.27. The predicted molar refractivity (Wildman–Crippen MR) is 46.4 cm³/mol. The highest BCUT2D eigenvalue weighted by Crippen LogP contribution is 2.14. The van der Waals surface area contributed by atoms with Crippen LogP contribution in [0.2, 0.25) is 0 Å². The van der Waals surface area contributed by atoms with Gasteiger partial charge >= 0.3 is 0 Å². The summed E-state index contributed by atoms with van der Waals surface area (Å²) in [4.78, 5) is 1.99. The van der Waals surface area contributed by atoms with Crippen LogP contribution < -0.4 is 0 Å². The first-order valence-electron chi connectivity index (χ1n) is 3.88. The zero-order valence-electron chi connectivity index (χ0n) is 7.12. The van der Waals surface area contributed by atoms with Crippen LogP contribution >= 0.6 is 0 Å². The van der Waals surface area contributed by atoms with Crippen molar-refractivity contribution in [3.63, 3.8) is 0 Å². The van der Waals surface area contributed by atoms with E-state index in [1.165, 1.54) is 0 Å². The highest BCUT2D eigenvalue weighted by molar-refractivity contribution is 5.26. The maximum Gasteiger partial charge on any atom is 0.0882 e. The third-order valence-electron chi connectivity index (χ3n) is 1.77. The lowest BCUT2D eigenvalue weighted by Gasteiger charge is -2.16. The number of likely N-dealkylation sites (N-methyl/N-ethyl adjacent to an activating group) is 1. The summed E-state index contributed by atoms with van der Waals surface area (Å²) in [5.41, 5.74) is 1.12. The van der Waals surface area contributed by atoms with Gasteiger partial charge in [-0.25, -0.2) is 0 Å². The van der Waals surface area contributed by atoms with Crippen LogP contribution in [0.25, 0.3) is 0 Å². The summed E-state index contributed by atoms with van der Waals surface area (Å²) in [6.45, 7) is 0.716. The van der Waals surface area contributed by atoms with E-state index >= 15 is 0 Å². The number of rotatable bonds is 3. The molecule has 0 bridgehead atoms. The van der Waals surface area contributed by atoms with E-state index in [0.29, 0.717) is 6.54 Å². The molecule has 62 valence electrons. The van der Waals surface area contributed by atoms with Gasteiger partial charge in [-0.15, -0.1) is 0 Å². The minimum Gasteiger partial charge on any atom is -0.387 e. The van der Waals surface area contributed by atoms with Gasteiger partial charge in [0, 0.05) is 6.54 Å². The molecule has 0 aromatic heterocycles. The van der Waals surface area contributed by atoms with E-state index in [4.69, 9.17) is 0 Å². The second-order valence-corrected chi connectivity index (χ2v) is 3.15. The monoisotopic (exact) mass is 153 g/mol. The molecule has 1 rings (SSSR count). The van der Waals surface area contributed by atoms with Crippen LogP contribution in [0.15, 0.2) is 23.8 Å². The molecule has 0 spiro atoms. The Labute approximate surface area is 67.8 Å². The van der Waals surface area contributed by atoms with Gasteiger partial charge in [-0.05, 0) is 26.1 Å². The number of nitrogens with zero attached hydrogens (tertiary/aromatic N) is 1. The highest BCUT2D eigenvalue weighted by Gasteiger charge is 2.11. The molecule has 0 fully saturated rings. The average molecular weight is 153 g/mol. The van der Waals surface area contributed by atoms with Gasteiger partial charge < -0.3 is 10.0 Å². The van der Waals surface area contributed by atoms with Crippen molar-refractivity contribution in [2.45, 2.75) is 12.5 Å². The lowest BCUT2D eigenvalue weighted by atomic mass is 10.1. The summed E-state index contributed by atoms with van der Waals surface area (Å²) >= 11 is 0. The standard InChI is InChI=1S/C9H15NO/c1-10(2)7-9(11)8-5-3-4-6-8/h3-5,9,11H,6-7H2,1-2H3. The molecule has 0 aliphatic heterocycles. The minimum atomic E-state index is -0.292. The van der Waals surface area contributed by atoms with E-state index < -0.39 is 0 Å². The molecular formula is C9H15NO. The largest absolute Gasteiger partial charge is 0.387 e. The molecule has 0 saturated heterocycles. The van der Waals surface area contributed by atoms with Crippen LogP contribution in [0.1, 0.15) is 6.42 Å². The van der Waals surface area contributed by atoms with Crippen molar-refractivity contribution in [2.75, 3.05) is 20.6 Å². The first-order valence-corrected chi connectivity index (χ1v) is 3.88. The fraction of sp³-hybridized carbons (Fsp3) is 0.556. The molecule has 0 saturated carbocycles. The third kappa shape index (κ3) is 2.48. The lowest BCUT2D eigenvalue weighted by Crippen LogP contribution is -2.26. The molecule has 11 heavy (non-hydrogen) atoms. The molecule has 1 unspecified atom stereocenters. The van der Waals surface area contributed by atoms with Crippen LogP contribution in [0, 0.1) is 0 Å². The quantitative estimate of drug-likeness (QED) is 0.648. The summed E-state index contributed by atoms with van der Waals surface area (Å²) in [5.74, 6) is 0. The summed E-state index contributed by atoms with van der Waals surface area (Å²) in [6, 6.07) is 0. The van der Waals surface area contributed by atoms with Crippen molar-refractivity contribution in [1.82, 2.24) is 4.90 Å². The van der Waals surface area contributed by atoms with Gasteiger partial charge in [0.2, 0.25) is 0 Å². The Bertz CT molecular complexity index is 182. The Morgan fingerprint density at radius 3 is 2.82 bits per heavy atom. The molecule has 2 heteroatoms. The first kappa shape index (κ1) is 8.50. The van der Waals surface area contributed by atoms with E-state index in [2.05, 4.69) is 6.08 Å². The van der Waals surface area contributed by atoms with E-state index in [-0.39, 0.29) is 6.10 Å². The number of hydrogen-bond acceptors (Lipinski definition) is 2. The van der Waals surface area contributed by atoms with Crippen LogP contribution in [-0.2, 0) is 0 Å². The highest BCUT2D eigenvalue weighted by atomic mass is 16.3. The summed E-state index contributed by atoms with van der Waals surface area (Å²) in [5, 5.41) is 9.57. The van der Waals surface area contributed by atoms with Crippen molar-refractivity contribution >= 4 is 0 Å². The number of aliphatic hydroxyl groups excluding tert-OH is 1. The van der Waals surface area contributed by atoms with Crippen molar-refractivity contribution in [3.05, 3.63) is 23.8 Å². The molecule has 1 aliphatic carbocycles. The van der Waals surface area contributed by atoms with Crippen LogP contribution in [0.5, 0.6) is 0 Å². The fourth-order valence-electron chi connectivity index (χ4n) is 1.17. The topological polar surface area (TPSA) is 23.5 Å². The Morgan fingerprint density at radius 1 is 1.64 bits per heavy atom. The molecule has 0 heterocycles. The summed E-state index contributed by atoms with van der Waals surface area (Å²) in [7, 11) is 3.93. The van der Waals surface area contributed by atoms with Crippen LogP contribution in [0.4, 0.5) is 0 Å². The van der Waals surface area contributed by atoms with E-state index in [0.717, 1.165) is 12.0 Å². The maximum atomic E-state index is 9.57. The summed E-state index contributed by atoms with van der Waals surface area (Å²) in [6.07, 6.45) is 6.67. The van der Waals surface area contributed by atoms with Crippen molar-refractivity contribution < 1.29 is 5.11 Å². The van der Waals surface area contributed by atoms with Crippen molar-refractivity contribution in [1.29, 1.82) is 0 Å². The van der Waals surface area contributed by atoms with E-state index in [1.807, 2.05) is 31.1 Å². The van der Waals surface area contributed by atoms with Gasteiger partial charge in [0.25, 0.3) is 0 Å². The summed E-state index contributed by atoms with van der Waals surface area (Å²) < 4.78 is 0. The van der Waals surface area contributed by atoms with Gasteiger partial charge in [0.15, 0.2) is 0 Å². The zero-order valence-corrected chi connectivity index (χ0v) is 7.12. The van der Waals surface area contributed by atoms with Gasteiger partial charge in [-0.2, -0.15) is 0 Å². The SMILES string of the molecule is CN(C)CC(O)C1=CC=CC1. The Kier molecular flexibility index (Phi) is 2.85. The maximum absolute atomic E-state index is 9.57. The van der Waals surface area contributed by atoms with Crippen LogP contribution in [-0.4, -0.2) is 36.8 Å². The lowest BCUT2D eigenvalue weighted by molar-refractivity contribution is 0.166. The average Bonchev–Trinajstić information content (AvgIpc) is 2.35. The van der Waals surface area contributed by atoms with Gasteiger partial charge in [0.05, 0.1) is 6.10 Å². The minimum absolute atomic E-state index is 0.292. The molecule has 0 aromatic rings. The Morgan fingerprint density at radius 2 is 2.36 bits per heavy atom. The first-order chi connectivity index (χ1) is 5.20. The smallest absolute Gasteiger partial charge is 0.0882 e. The van der Waals surface area contributed by atoms with Crippen LogP contribution in [0.3, 0.4) is 0 Å². The second-order valence-electron chi connectivity index (χ2n) is 3.15. The molecule has 0 aromatic carbocycles. The third-order valence-corrected chi connectivity index (χ3v) is 1.77. The van der Waals surface area contributed by atoms with E-state index in [1.54, 1.807) is 0 Å². The number of hydrogen-bond donors (Lipinski definition) is 1. The number of allylic oxidation sites excluding steroid dienone is 3. The van der Waals surface area contributed by atoms with Gasteiger partial charge in [-0.3, -0.25) is 0 Å². The Balaban J connectivity index is 2.36. The molecule has 0 amide bonds. The second kappa shape index (κ2) is 3.69. The van der Waals surface area contributed by atoms with Crippen molar-refractivity contribution in [2.24, 2.45) is 0 Å².